The molecule has 0 spiro atoms. The first-order valence-electron chi connectivity index (χ1n) is 5.75. The van der Waals surface area contributed by atoms with Gasteiger partial charge in [0.2, 0.25) is 0 Å². The van der Waals surface area contributed by atoms with E-state index in [0.29, 0.717) is 0 Å². The van der Waals surface area contributed by atoms with E-state index in [0.717, 1.165) is 17.9 Å². The molecule has 2 rings (SSSR count). The van der Waals surface area contributed by atoms with Gasteiger partial charge in [0.25, 0.3) is 0 Å². The number of likely N-dealkylation sites (N-methyl/N-ethyl adjacent to an activating group) is 1. The third-order valence-corrected chi connectivity index (χ3v) is 4.72. The second kappa shape index (κ2) is 4.86. The van der Waals surface area contributed by atoms with Crippen molar-refractivity contribution in [1.29, 1.82) is 0 Å². The minimum absolute atomic E-state index is 0.741. The van der Waals surface area contributed by atoms with Gasteiger partial charge >= 0.3 is 0 Å². The number of likely N-dealkylation sites (tertiary alicyclic amines) is 1. The van der Waals surface area contributed by atoms with Crippen molar-refractivity contribution < 1.29 is 0 Å². The molecule has 0 bridgehead atoms. The molecule has 2 aliphatic heterocycles. The van der Waals surface area contributed by atoms with Crippen molar-refractivity contribution >= 4 is 11.8 Å². The molecule has 0 radical (unpaired) electrons. The van der Waals surface area contributed by atoms with Gasteiger partial charge in [0.15, 0.2) is 0 Å². The summed E-state index contributed by atoms with van der Waals surface area (Å²) in [6.07, 6.45) is 1.43. The molecule has 3 unspecified atom stereocenters. The van der Waals surface area contributed by atoms with E-state index in [1.54, 1.807) is 0 Å². The Bertz CT molecular complexity index is 180. The monoisotopic (exact) mass is 214 g/mol. The Kier molecular flexibility index (Phi) is 3.74. The highest BCUT2D eigenvalue weighted by molar-refractivity contribution is 7.99. The van der Waals surface area contributed by atoms with Gasteiger partial charge in [-0.3, -0.25) is 0 Å². The molecule has 82 valence electrons. The summed E-state index contributed by atoms with van der Waals surface area (Å²) in [5.74, 6) is 4.53. The van der Waals surface area contributed by atoms with Crippen molar-refractivity contribution in [2.45, 2.75) is 19.4 Å². The first-order valence-corrected chi connectivity index (χ1v) is 6.91. The largest absolute Gasteiger partial charge is 0.312 e. The van der Waals surface area contributed by atoms with Crippen molar-refractivity contribution in [2.75, 3.05) is 38.2 Å². The average molecular weight is 214 g/mol. The standard InChI is InChI=1S/C11H22N2S/c1-9-6-13(2)7-11(9)12-5-10-3-4-14-8-10/h9-12H,3-8H2,1-2H3. The number of nitrogens with one attached hydrogen (secondary N) is 1. The predicted molar refractivity (Wildman–Crippen MR) is 63.9 cm³/mol. The molecule has 1 N–H and O–H groups in total. The second-order valence-corrected chi connectivity index (χ2v) is 6.09. The van der Waals surface area contributed by atoms with E-state index in [4.69, 9.17) is 0 Å². The normalized spacial score (nSPS) is 39.4. The highest BCUT2D eigenvalue weighted by atomic mass is 32.2. The van der Waals surface area contributed by atoms with Gasteiger partial charge in [-0.2, -0.15) is 11.8 Å². The van der Waals surface area contributed by atoms with Crippen LogP contribution in [0.4, 0.5) is 0 Å². The smallest absolute Gasteiger partial charge is 0.0232 e. The van der Waals surface area contributed by atoms with Crippen LogP contribution in [0.5, 0.6) is 0 Å². The Labute approximate surface area is 91.8 Å². The van der Waals surface area contributed by atoms with Crippen LogP contribution in [-0.4, -0.2) is 49.1 Å². The van der Waals surface area contributed by atoms with Crippen molar-refractivity contribution in [3.8, 4) is 0 Å². The van der Waals surface area contributed by atoms with Crippen molar-refractivity contribution in [2.24, 2.45) is 11.8 Å². The number of thioether (sulfide) groups is 1. The molecule has 2 fully saturated rings. The van der Waals surface area contributed by atoms with Crippen molar-refractivity contribution in [3.63, 3.8) is 0 Å². The highest BCUT2D eigenvalue weighted by Gasteiger charge is 2.27. The Morgan fingerprint density at radius 1 is 1.43 bits per heavy atom. The summed E-state index contributed by atoms with van der Waals surface area (Å²) < 4.78 is 0. The topological polar surface area (TPSA) is 15.3 Å². The predicted octanol–water partition coefficient (Wildman–Crippen LogP) is 1.28. The van der Waals surface area contributed by atoms with Crippen LogP contribution >= 0.6 is 11.8 Å². The van der Waals surface area contributed by atoms with Gasteiger partial charge < -0.3 is 10.2 Å². The highest BCUT2D eigenvalue weighted by Crippen LogP contribution is 2.23. The van der Waals surface area contributed by atoms with Crippen LogP contribution in [0.25, 0.3) is 0 Å². The van der Waals surface area contributed by atoms with Crippen LogP contribution in [0.15, 0.2) is 0 Å². The van der Waals surface area contributed by atoms with Crippen molar-refractivity contribution in [3.05, 3.63) is 0 Å². The maximum atomic E-state index is 3.75. The minimum atomic E-state index is 0.741. The molecular weight excluding hydrogens is 192 g/mol. The summed E-state index contributed by atoms with van der Waals surface area (Å²) in [7, 11) is 2.23. The lowest BCUT2D eigenvalue weighted by atomic mass is 10.0. The zero-order valence-electron chi connectivity index (χ0n) is 9.33. The van der Waals surface area contributed by atoms with Gasteiger partial charge in [-0.25, -0.2) is 0 Å². The van der Waals surface area contributed by atoms with Gasteiger partial charge in [-0.15, -0.1) is 0 Å². The fourth-order valence-electron chi connectivity index (χ4n) is 2.54. The molecule has 0 saturated carbocycles. The Hall–Kier alpha value is 0.270. The molecule has 0 aromatic rings. The lowest BCUT2D eigenvalue weighted by Gasteiger charge is -2.18. The molecule has 2 aliphatic rings. The van der Waals surface area contributed by atoms with E-state index in [9.17, 15) is 0 Å². The molecule has 3 heteroatoms. The molecule has 2 nitrogen and oxygen atoms in total. The second-order valence-electron chi connectivity index (χ2n) is 4.94. The summed E-state index contributed by atoms with van der Waals surface area (Å²) in [5.41, 5.74) is 0. The lowest BCUT2D eigenvalue weighted by molar-refractivity contribution is 0.389. The Balaban J connectivity index is 1.69. The summed E-state index contributed by atoms with van der Waals surface area (Å²) in [6.45, 7) is 6.11. The average Bonchev–Trinajstić information content (AvgIpc) is 2.72. The Morgan fingerprint density at radius 2 is 2.29 bits per heavy atom. The van der Waals surface area contributed by atoms with Crippen molar-refractivity contribution in [1.82, 2.24) is 10.2 Å². The van der Waals surface area contributed by atoms with Gasteiger partial charge in [0.05, 0.1) is 0 Å². The minimum Gasteiger partial charge on any atom is -0.312 e. The third kappa shape index (κ3) is 2.65. The quantitative estimate of drug-likeness (QED) is 0.762. The maximum absolute atomic E-state index is 3.75. The SMILES string of the molecule is CC1CN(C)CC1NCC1CCSC1. The number of hydrogen-bond donors (Lipinski definition) is 1. The van der Waals surface area contributed by atoms with E-state index < -0.39 is 0 Å². The molecule has 0 aromatic carbocycles. The zero-order chi connectivity index (χ0) is 9.97. The summed E-state index contributed by atoms with van der Waals surface area (Å²) in [4.78, 5) is 2.44. The molecule has 2 heterocycles. The van der Waals surface area contributed by atoms with Crippen LogP contribution in [0.3, 0.4) is 0 Å². The first kappa shape index (κ1) is 10.8. The zero-order valence-corrected chi connectivity index (χ0v) is 10.1. The van der Waals surface area contributed by atoms with Crippen LogP contribution in [0.2, 0.25) is 0 Å². The van der Waals surface area contributed by atoms with Crippen LogP contribution in [0, 0.1) is 11.8 Å². The van der Waals surface area contributed by atoms with Crippen LogP contribution in [-0.2, 0) is 0 Å². The van der Waals surface area contributed by atoms with Gasteiger partial charge in [-0.1, -0.05) is 6.92 Å². The molecule has 0 amide bonds. The first-order chi connectivity index (χ1) is 6.75. The molecule has 3 atom stereocenters. The summed E-state index contributed by atoms with van der Waals surface area (Å²) in [6, 6.07) is 0.741. The van der Waals surface area contributed by atoms with Crippen LogP contribution < -0.4 is 5.32 Å². The molecule has 0 aliphatic carbocycles. The van der Waals surface area contributed by atoms with E-state index in [2.05, 4.69) is 35.9 Å². The molecule has 0 aromatic heterocycles. The number of rotatable bonds is 3. The maximum Gasteiger partial charge on any atom is 0.0232 e. The fraction of sp³-hybridized carbons (Fsp3) is 1.00. The Morgan fingerprint density at radius 3 is 2.86 bits per heavy atom. The van der Waals surface area contributed by atoms with E-state index >= 15 is 0 Å². The molecule has 2 saturated heterocycles. The van der Waals surface area contributed by atoms with Gasteiger partial charge in [0.1, 0.15) is 0 Å². The number of hydrogen-bond acceptors (Lipinski definition) is 3. The fourth-order valence-corrected chi connectivity index (χ4v) is 3.82. The van der Waals surface area contributed by atoms with Gasteiger partial charge in [-0.05, 0) is 43.4 Å². The van der Waals surface area contributed by atoms with E-state index in [1.165, 1.54) is 37.6 Å². The molecule has 14 heavy (non-hydrogen) atoms. The third-order valence-electron chi connectivity index (χ3n) is 3.49. The number of nitrogens with zero attached hydrogens (tertiary/aromatic N) is 1. The van der Waals surface area contributed by atoms with E-state index in [1.807, 2.05) is 0 Å². The van der Waals surface area contributed by atoms with Gasteiger partial charge in [0, 0.05) is 19.1 Å². The lowest BCUT2D eigenvalue weighted by Crippen LogP contribution is -2.38. The summed E-state index contributed by atoms with van der Waals surface area (Å²) >= 11 is 2.12. The molecular formula is C11H22N2S. The summed E-state index contributed by atoms with van der Waals surface area (Å²) in [5, 5.41) is 3.75. The van der Waals surface area contributed by atoms with E-state index in [-0.39, 0.29) is 0 Å². The van der Waals surface area contributed by atoms with Crippen LogP contribution in [0.1, 0.15) is 13.3 Å².